The molecule has 1 unspecified atom stereocenters. The number of likely N-dealkylation sites (N-methyl/N-ethyl adjacent to an activating group) is 1. The summed E-state index contributed by atoms with van der Waals surface area (Å²) in [6, 6.07) is 7.38. The molecule has 1 atom stereocenters. The molecule has 0 saturated carbocycles. The first-order chi connectivity index (χ1) is 9.33. The first-order valence-electron chi connectivity index (χ1n) is 7.59. The average molecular weight is 259 g/mol. The summed E-state index contributed by atoms with van der Waals surface area (Å²) in [5, 5.41) is 7.31. The van der Waals surface area contributed by atoms with Gasteiger partial charge in [0, 0.05) is 31.4 Å². The van der Waals surface area contributed by atoms with Crippen LogP contribution in [-0.4, -0.2) is 37.6 Å². The van der Waals surface area contributed by atoms with Gasteiger partial charge in [0.2, 0.25) is 0 Å². The first kappa shape index (κ1) is 12.9. The van der Waals surface area contributed by atoms with Crippen LogP contribution in [0.2, 0.25) is 0 Å². The number of likely N-dealkylation sites (tertiary alicyclic amines) is 1. The molecule has 0 radical (unpaired) electrons. The minimum Gasteiger partial charge on any atom is -0.385 e. The largest absolute Gasteiger partial charge is 0.385 e. The van der Waals surface area contributed by atoms with Crippen molar-refractivity contribution in [2.75, 3.05) is 32.0 Å². The summed E-state index contributed by atoms with van der Waals surface area (Å²) in [6.07, 6.45) is 5.12. The van der Waals surface area contributed by atoms with E-state index in [0.717, 1.165) is 13.1 Å². The molecule has 0 spiro atoms. The lowest BCUT2D eigenvalue weighted by molar-refractivity contribution is 0.226. The molecular formula is C16H25N3. The van der Waals surface area contributed by atoms with Crippen molar-refractivity contribution in [1.82, 2.24) is 10.2 Å². The molecule has 3 heteroatoms. The zero-order valence-corrected chi connectivity index (χ0v) is 11.9. The standard InChI is InChI=1S/C16H25N3/c1-19-10-4-8-15(12-19)18-11-14-6-2-5-13-7-3-9-17-16(13)14/h2,5-6,15,17-18H,3-4,7-12H2,1H3. The number of benzene rings is 1. The number of nitrogens with zero attached hydrogens (tertiary/aromatic N) is 1. The lowest BCUT2D eigenvalue weighted by Gasteiger charge is -2.31. The number of aryl methyl sites for hydroxylation is 1. The monoisotopic (exact) mass is 259 g/mol. The van der Waals surface area contributed by atoms with Gasteiger partial charge in [-0.1, -0.05) is 18.2 Å². The number of anilines is 1. The molecule has 2 N–H and O–H groups in total. The van der Waals surface area contributed by atoms with Crippen molar-refractivity contribution in [2.45, 2.75) is 38.3 Å². The second kappa shape index (κ2) is 5.93. The van der Waals surface area contributed by atoms with Gasteiger partial charge in [-0.15, -0.1) is 0 Å². The summed E-state index contributed by atoms with van der Waals surface area (Å²) in [5.74, 6) is 0. The Bertz CT molecular complexity index is 430. The van der Waals surface area contributed by atoms with Crippen LogP contribution in [0.1, 0.15) is 30.4 Å². The zero-order valence-electron chi connectivity index (χ0n) is 11.9. The molecule has 1 aromatic carbocycles. The fourth-order valence-corrected chi connectivity index (χ4v) is 3.32. The second-order valence-electron chi connectivity index (χ2n) is 5.96. The van der Waals surface area contributed by atoms with E-state index < -0.39 is 0 Å². The molecule has 0 bridgehead atoms. The van der Waals surface area contributed by atoms with Gasteiger partial charge in [0.15, 0.2) is 0 Å². The number of fused-ring (bicyclic) bond motifs is 1. The molecule has 0 aliphatic carbocycles. The van der Waals surface area contributed by atoms with Crippen LogP contribution in [0.3, 0.4) is 0 Å². The summed E-state index contributed by atoms with van der Waals surface area (Å²) in [4.78, 5) is 2.43. The van der Waals surface area contributed by atoms with Gasteiger partial charge in [-0.25, -0.2) is 0 Å². The molecule has 0 amide bonds. The fraction of sp³-hybridized carbons (Fsp3) is 0.625. The molecule has 2 heterocycles. The minimum atomic E-state index is 0.651. The third-order valence-electron chi connectivity index (χ3n) is 4.37. The molecule has 1 fully saturated rings. The topological polar surface area (TPSA) is 27.3 Å². The quantitative estimate of drug-likeness (QED) is 0.871. The van der Waals surface area contributed by atoms with Crippen molar-refractivity contribution >= 4 is 5.69 Å². The van der Waals surface area contributed by atoms with Gasteiger partial charge < -0.3 is 15.5 Å². The van der Waals surface area contributed by atoms with Gasteiger partial charge in [0.1, 0.15) is 0 Å². The molecule has 2 aliphatic heterocycles. The van der Waals surface area contributed by atoms with E-state index in [0.29, 0.717) is 6.04 Å². The van der Waals surface area contributed by atoms with Gasteiger partial charge >= 0.3 is 0 Å². The number of nitrogens with one attached hydrogen (secondary N) is 2. The first-order valence-corrected chi connectivity index (χ1v) is 7.59. The molecule has 19 heavy (non-hydrogen) atoms. The fourth-order valence-electron chi connectivity index (χ4n) is 3.32. The van der Waals surface area contributed by atoms with Crippen molar-refractivity contribution in [1.29, 1.82) is 0 Å². The maximum atomic E-state index is 3.74. The molecular weight excluding hydrogens is 234 g/mol. The van der Waals surface area contributed by atoms with Crippen LogP contribution < -0.4 is 10.6 Å². The van der Waals surface area contributed by atoms with E-state index in [1.807, 2.05) is 0 Å². The lowest BCUT2D eigenvalue weighted by Crippen LogP contribution is -2.43. The van der Waals surface area contributed by atoms with E-state index in [2.05, 4.69) is 40.8 Å². The van der Waals surface area contributed by atoms with Crippen LogP contribution in [0.4, 0.5) is 5.69 Å². The maximum Gasteiger partial charge on any atom is 0.0418 e. The Balaban J connectivity index is 1.63. The Labute approximate surface area is 116 Å². The average Bonchev–Trinajstić information content (AvgIpc) is 2.45. The van der Waals surface area contributed by atoms with Crippen molar-refractivity contribution in [2.24, 2.45) is 0 Å². The van der Waals surface area contributed by atoms with Crippen molar-refractivity contribution in [3.8, 4) is 0 Å². The van der Waals surface area contributed by atoms with Gasteiger partial charge in [0.25, 0.3) is 0 Å². The summed E-state index contributed by atoms with van der Waals surface area (Å²) < 4.78 is 0. The third-order valence-corrected chi connectivity index (χ3v) is 4.37. The summed E-state index contributed by atoms with van der Waals surface area (Å²) in [5.41, 5.74) is 4.32. The summed E-state index contributed by atoms with van der Waals surface area (Å²) >= 11 is 0. The lowest BCUT2D eigenvalue weighted by atomic mass is 9.99. The number of para-hydroxylation sites is 1. The van der Waals surface area contributed by atoms with E-state index in [1.54, 1.807) is 0 Å². The second-order valence-corrected chi connectivity index (χ2v) is 5.96. The highest BCUT2D eigenvalue weighted by molar-refractivity contribution is 5.59. The minimum absolute atomic E-state index is 0.651. The number of hydrogen-bond donors (Lipinski definition) is 2. The normalized spacial score (nSPS) is 23.7. The molecule has 1 saturated heterocycles. The Hall–Kier alpha value is -1.06. The van der Waals surface area contributed by atoms with Gasteiger partial charge in [-0.2, -0.15) is 0 Å². The third kappa shape index (κ3) is 3.10. The smallest absolute Gasteiger partial charge is 0.0418 e. The van der Waals surface area contributed by atoms with Gasteiger partial charge in [-0.3, -0.25) is 0 Å². The van der Waals surface area contributed by atoms with Crippen LogP contribution >= 0.6 is 0 Å². The van der Waals surface area contributed by atoms with Crippen LogP contribution in [0, 0.1) is 0 Å². The van der Waals surface area contributed by atoms with Crippen molar-refractivity contribution in [3.05, 3.63) is 29.3 Å². The van der Waals surface area contributed by atoms with Crippen molar-refractivity contribution in [3.63, 3.8) is 0 Å². The Morgan fingerprint density at radius 1 is 1.37 bits per heavy atom. The SMILES string of the molecule is CN1CCCC(NCc2cccc3c2NCCC3)C1. The predicted octanol–water partition coefficient (Wildman–Crippen LogP) is 2.23. The van der Waals surface area contributed by atoms with E-state index in [9.17, 15) is 0 Å². The van der Waals surface area contributed by atoms with Gasteiger partial charge in [-0.05, 0) is 50.4 Å². The molecule has 2 aliphatic rings. The number of rotatable bonds is 3. The Kier molecular flexibility index (Phi) is 4.04. The van der Waals surface area contributed by atoms with Crippen LogP contribution in [0.25, 0.3) is 0 Å². The van der Waals surface area contributed by atoms with E-state index in [4.69, 9.17) is 0 Å². The highest BCUT2D eigenvalue weighted by atomic mass is 15.1. The summed E-state index contributed by atoms with van der Waals surface area (Å²) in [6.45, 7) is 4.55. The molecule has 0 aromatic heterocycles. The van der Waals surface area contributed by atoms with E-state index in [-0.39, 0.29) is 0 Å². The molecule has 3 nitrogen and oxygen atoms in total. The van der Waals surface area contributed by atoms with Gasteiger partial charge in [0.05, 0.1) is 0 Å². The zero-order chi connectivity index (χ0) is 13.1. The Morgan fingerprint density at radius 2 is 2.32 bits per heavy atom. The van der Waals surface area contributed by atoms with Crippen LogP contribution in [0.15, 0.2) is 18.2 Å². The van der Waals surface area contributed by atoms with E-state index in [1.165, 1.54) is 55.6 Å². The predicted molar refractivity (Wildman–Crippen MR) is 80.6 cm³/mol. The molecule has 1 aromatic rings. The highest BCUT2D eigenvalue weighted by Gasteiger charge is 2.17. The highest BCUT2D eigenvalue weighted by Crippen LogP contribution is 2.26. The van der Waals surface area contributed by atoms with Crippen LogP contribution in [0.5, 0.6) is 0 Å². The Morgan fingerprint density at radius 3 is 3.21 bits per heavy atom. The van der Waals surface area contributed by atoms with Crippen molar-refractivity contribution < 1.29 is 0 Å². The maximum absolute atomic E-state index is 3.74. The summed E-state index contributed by atoms with van der Waals surface area (Å²) in [7, 11) is 2.22. The van der Waals surface area contributed by atoms with E-state index >= 15 is 0 Å². The van der Waals surface area contributed by atoms with Crippen LogP contribution in [-0.2, 0) is 13.0 Å². The number of piperidine rings is 1. The molecule has 3 rings (SSSR count). The molecule has 104 valence electrons. The number of hydrogen-bond acceptors (Lipinski definition) is 3.